The van der Waals surface area contributed by atoms with Crippen LogP contribution in [0.5, 0.6) is 0 Å². The second kappa shape index (κ2) is 11.6. The van der Waals surface area contributed by atoms with Crippen LogP contribution in [0.15, 0.2) is 60.7 Å². The molecule has 0 unspecified atom stereocenters. The highest BCUT2D eigenvalue weighted by molar-refractivity contribution is 5.77. The Bertz CT molecular complexity index is 991. The highest BCUT2D eigenvalue weighted by atomic mass is 16.6. The molecule has 1 aliphatic carbocycles. The summed E-state index contributed by atoms with van der Waals surface area (Å²) >= 11 is 0. The van der Waals surface area contributed by atoms with Gasteiger partial charge in [-0.3, -0.25) is 14.5 Å². The summed E-state index contributed by atoms with van der Waals surface area (Å²) < 4.78 is 11.6. The molecule has 0 saturated heterocycles. The Hall–Kier alpha value is -2.66. The molecule has 0 bridgehead atoms. The van der Waals surface area contributed by atoms with Gasteiger partial charge in [0.25, 0.3) is 0 Å². The monoisotopic (exact) mass is 493 g/mol. The minimum absolute atomic E-state index is 0.0531. The van der Waals surface area contributed by atoms with Gasteiger partial charge in [0.2, 0.25) is 0 Å². The number of carbonyl (C=O) groups excluding carboxylic acids is 2. The molecule has 0 heterocycles. The van der Waals surface area contributed by atoms with Gasteiger partial charge in [-0.25, -0.2) is 0 Å². The number of esters is 2. The molecule has 0 spiro atoms. The Morgan fingerprint density at radius 1 is 0.861 bits per heavy atom. The Morgan fingerprint density at radius 3 is 1.97 bits per heavy atom. The van der Waals surface area contributed by atoms with E-state index in [0.717, 1.165) is 12.8 Å². The SMILES string of the molecule is C[C@H](c1ccccc1)N(Cc1ccccc1)[C@@H]1CC[C@H](CC(=O)OC(C)(C)C)[C@@H]1C(=O)OC(C)(C)C. The number of benzene rings is 2. The lowest BCUT2D eigenvalue weighted by molar-refractivity contribution is -0.165. The van der Waals surface area contributed by atoms with Crippen LogP contribution in [0.1, 0.15) is 84.9 Å². The fourth-order valence-electron chi connectivity index (χ4n) is 5.23. The van der Waals surface area contributed by atoms with Gasteiger partial charge in [-0.2, -0.15) is 0 Å². The maximum absolute atomic E-state index is 13.7. The van der Waals surface area contributed by atoms with Gasteiger partial charge in [0.05, 0.1) is 5.92 Å². The van der Waals surface area contributed by atoms with E-state index >= 15 is 0 Å². The van der Waals surface area contributed by atoms with Crippen molar-refractivity contribution in [2.75, 3.05) is 0 Å². The van der Waals surface area contributed by atoms with Crippen LogP contribution in [0, 0.1) is 11.8 Å². The zero-order chi connectivity index (χ0) is 26.5. The molecule has 196 valence electrons. The zero-order valence-electron chi connectivity index (χ0n) is 23.0. The van der Waals surface area contributed by atoms with Crippen molar-refractivity contribution in [1.82, 2.24) is 4.90 Å². The van der Waals surface area contributed by atoms with E-state index in [4.69, 9.17) is 9.47 Å². The van der Waals surface area contributed by atoms with Crippen LogP contribution in [0.25, 0.3) is 0 Å². The number of rotatable bonds is 8. The molecule has 0 N–H and O–H groups in total. The van der Waals surface area contributed by atoms with Crippen molar-refractivity contribution in [2.45, 2.75) is 97.6 Å². The topological polar surface area (TPSA) is 55.8 Å². The van der Waals surface area contributed by atoms with Crippen molar-refractivity contribution >= 4 is 11.9 Å². The molecule has 3 rings (SSSR count). The predicted octanol–water partition coefficient (Wildman–Crippen LogP) is 6.72. The van der Waals surface area contributed by atoms with E-state index < -0.39 is 17.1 Å². The van der Waals surface area contributed by atoms with Crippen molar-refractivity contribution < 1.29 is 19.1 Å². The summed E-state index contributed by atoms with van der Waals surface area (Å²) in [5.41, 5.74) is 1.24. The van der Waals surface area contributed by atoms with E-state index in [-0.39, 0.29) is 36.4 Å². The van der Waals surface area contributed by atoms with Crippen LogP contribution >= 0.6 is 0 Å². The third-order valence-corrected chi connectivity index (χ3v) is 6.70. The first kappa shape index (κ1) is 27.9. The first-order chi connectivity index (χ1) is 16.8. The molecule has 5 heteroatoms. The molecule has 4 atom stereocenters. The van der Waals surface area contributed by atoms with Crippen molar-refractivity contribution in [3.63, 3.8) is 0 Å². The maximum atomic E-state index is 13.7. The molecule has 1 aliphatic rings. The highest BCUT2D eigenvalue weighted by Gasteiger charge is 2.47. The summed E-state index contributed by atoms with van der Waals surface area (Å²) in [7, 11) is 0. The lowest BCUT2D eigenvalue weighted by atomic mass is 9.88. The van der Waals surface area contributed by atoms with Crippen molar-refractivity contribution in [1.29, 1.82) is 0 Å². The Labute approximate surface area is 217 Å². The van der Waals surface area contributed by atoms with Crippen molar-refractivity contribution in [2.24, 2.45) is 11.8 Å². The molecule has 36 heavy (non-hydrogen) atoms. The first-order valence-corrected chi connectivity index (χ1v) is 13.1. The molecule has 2 aromatic carbocycles. The van der Waals surface area contributed by atoms with Gasteiger partial charge >= 0.3 is 11.9 Å². The summed E-state index contributed by atoms with van der Waals surface area (Å²) in [6.45, 7) is 14.2. The molecular weight excluding hydrogens is 450 g/mol. The average Bonchev–Trinajstić information content (AvgIpc) is 3.19. The first-order valence-electron chi connectivity index (χ1n) is 13.1. The molecule has 2 aromatic rings. The van der Waals surface area contributed by atoms with Crippen LogP contribution in [-0.2, 0) is 25.6 Å². The number of hydrogen-bond donors (Lipinski definition) is 0. The van der Waals surface area contributed by atoms with E-state index in [0.29, 0.717) is 6.54 Å². The summed E-state index contributed by atoms with van der Waals surface area (Å²) in [5.74, 6) is -1.02. The summed E-state index contributed by atoms with van der Waals surface area (Å²) in [4.78, 5) is 28.9. The maximum Gasteiger partial charge on any atom is 0.311 e. The number of ether oxygens (including phenoxy) is 2. The summed E-state index contributed by atoms with van der Waals surface area (Å²) in [6, 6.07) is 20.8. The number of hydrogen-bond acceptors (Lipinski definition) is 5. The van der Waals surface area contributed by atoms with Crippen LogP contribution in [-0.4, -0.2) is 34.1 Å². The van der Waals surface area contributed by atoms with Crippen LogP contribution in [0.2, 0.25) is 0 Å². The third kappa shape index (κ3) is 7.92. The van der Waals surface area contributed by atoms with E-state index in [9.17, 15) is 9.59 Å². The number of nitrogens with zero attached hydrogens (tertiary/aromatic N) is 1. The van der Waals surface area contributed by atoms with Gasteiger partial charge in [0.15, 0.2) is 0 Å². The molecule has 5 nitrogen and oxygen atoms in total. The molecule has 0 aromatic heterocycles. The fraction of sp³-hybridized carbons (Fsp3) is 0.548. The molecule has 0 radical (unpaired) electrons. The van der Waals surface area contributed by atoms with Crippen molar-refractivity contribution in [3.8, 4) is 0 Å². The van der Waals surface area contributed by atoms with Crippen LogP contribution < -0.4 is 0 Å². The van der Waals surface area contributed by atoms with Crippen molar-refractivity contribution in [3.05, 3.63) is 71.8 Å². The quantitative estimate of drug-likeness (QED) is 0.382. The molecule has 1 saturated carbocycles. The van der Waals surface area contributed by atoms with E-state index in [1.54, 1.807) is 0 Å². The molecule has 0 amide bonds. The average molecular weight is 494 g/mol. The summed E-state index contributed by atoms with van der Waals surface area (Å²) in [5, 5.41) is 0. The largest absolute Gasteiger partial charge is 0.460 e. The smallest absolute Gasteiger partial charge is 0.311 e. The molecular formula is C31H43NO4. The Kier molecular flexibility index (Phi) is 8.99. The van der Waals surface area contributed by atoms with Gasteiger partial charge in [-0.05, 0) is 78.4 Å². The second-order valence-corrected chi connectivity index (χ2v) is 12.0. The molecule has 0 aliphatic heterocycles. The standard InChI is InChI=1S/C31H43NO4/c1-22(24-16-12-9-13-17-24)32(21-23-14-10-8-11-15-23)26-19-18-25(20-27(33)35-30(2,3)4)28(26)29(34)36-31(5,6)7/h8-17,22,25-26,28H,18-21H2,1-7H3/t22-,25-,26-,28+/m1/s1. The molecule has 1 fully saturated rings. The lowest BCUT2D eigenvalue weighted by Gasteiger charge is -2.39. The lowest BCUT2D eigenvalue weighted by Crippen LogP contribution is -2.45. The number of carbonyl (C=O) groups is 2. The van der Waals surface area contributed by atoms with E-state index in [1.807, 2.05) is 65.8 Å². The third-order valence-electron chi connectivity index (χ3n) is 6.70. The normalized spacial score (nSPS) is 21.3. The minimum Gasteiger partial charge on any atom is -0.460 e. The Morgan fingerprint density at radius 2 is 1.42 bits per heavy atom. The van der Waals surface area contributed by atoms with Gasteiger partial charge in [0.1, 0.15) is 11.2 Å². The fourth-order valence-corrected chi connectivity index (χ4v) is 5.23. The Balaban J connectivity index is 1.96. The summed E-state index contributed by atoms with van der Waals surface area (Å²) in [6.07, 6.45) is 1.82. The van der Waals surface area contributed by atoms with Gasteiger partial charge < -0.3 is 9.47 Å². The predicted molar refractivity (Wildman–Crippen MR) is 143 cm³/mol. The van der Waals surface area contributed by atoms with Gasteiger partial charge in [-0.15, -0.1) is 0 Å². The van der Waals surface area contributed by atoms with Crippen LogP contribution in [0.4, 0.5) is 0 Å². The van der Waals surface area contributed by atoms with Crippen LogP contribution in [0.3, 0.4) is 0 Å². The highest BCUT2D eigenvalue weighted by Crippen LogP contribution is 2.42. The van der Waals surface area contributed by atoms with Gasteiger partial charge in [0, 0.05) is 25.0 Å². The second-order valence-electron chi connectivity index (χ2n) is 12.0. The van der Waals surface area contributed by atoms with Gasteiger partial charge in [-0.1, -0.05) is 60.7 Å². The zero-order valence-corrected chi connectivity index (χ0v) is 23.0. The van der Waals surface area contributed by atoms with E-state index in [2.05, 4.69) is 48.2 Å². The van der Waals surface area contributed by atoms with E-state index in [1.165, 1.54) is 11.1 Å². The minimum atomic E-state index is -0.601.